The Labute approximate surface area is 200 Å². The molecule has 0 atom stereocenters. The summed E-state index contributed by atoms with van der Waals surface area (Å²) in [5.74, 6) is -0.313. The van der Waals surface area contributed by atoms with Crippen LogP contribution in [0.4, 0.5) is 0 Å². The number of carboxylic acids is 1. The number of unbranched alkanes of at least 4 members (excludes halogenated alkanes) is 1. The lowest BCUT2D eigenvalue weighted by Crippen LogP contribution is -2.22. The highest BCUT2D eigenvalue weighted by molar-refractivity contribution is 9.10. The van der Waals surface area contributed by atoms with Crippen LogP contribution in [-0.2, 0) is 11.2 Å². The van der Waals surface area contributed by atoms with Crippen LogP contribution in [0.2, 0.25) is 5.02 Å². The Balaban J connectivity index is 2.02. The van der Waals surface area contributed by atoms with Crippen molar-refractivity contribution in [2.75, 3.05) is 6.61 Å². The van der Waals surface area contributed by atoms with E-state index in [4.69, 9.17) is 21.4 Å². The summed E-state index contributed by atoms with van der Waals surface area (Å²) < 4.78 is 7.76. The molecule has 1 N–H and O–H groups in total. The lowest BCUT2D eigenvalue weighted by Gasteiger charge is -2.10. The fourth-order valence-electron chi connectivity index (χ4n) is 2.86. The summed E-state index contributed by atoms with van der Waals surface area (Å²) in [5.41, 5.74) is 0.957. The van der Waals surface area contributed by atoms with Gasteiger partial charge in [0.05, 0.1) is 26.6 Å². The molecule has 1 aromatic heterocycles. The van der Waals surface area contributed by atoms with E-state index in [9.17, 15) is 9.59 Å². The van der Waals surface area contributed by atoms with Gasteiger partial charge in [-0.2, -0.15) is 9.78 Å². The Morgan fingerprint density at radius 2 is 2.10 bits per heavy atom. The van der Waals surface area contributed by atoms with E-state index in [1.165, 1.54) is 10.9 Å². The number of fused-ring (bicyclic) bond motifs is 1. The Morgan fingerprint density at radius 3 is 2.77 bits per heavy atom. The standard InChI is InChI=1S/C21H18Br2ClN3O4/c1-2-3-4-18-26-17-6-5-13(22)9-14(17)21(30)27(18)25-10-12-7-15(23)20(16(24)8-12)31-11-19(28)29/h5-10H,2-4,11H2,1H3,(H,28,29). The summed E-state index contributed by atoms with van der Waals surface area (Å²) in [6.45, 7) is 1.55. The number of rotatable bonds is 8. The van der Waals surface area contributed by atoms with Crippen LogP contribution < -0.4 is 10.3 Å². The molecule has 31 heavy (non-hydrogen) atoms. The number of aliphatic carboxylic acids is 1. The Kier molecular flexibility index (Phi) is 7.85. The summed E-state index contributed by atoms with van der Waals surface area (Å²) in [6, 6.07) is 8.63. The quantitative estimate of drug-likeness (QED) is 0.372. The topological polar surface area (TPSA) is 93.8 Å². The Hall–Kier alpha value is -2.23. The van der Waals surface area contributed by atoms with Gasteiger partial charge in [0.1, 0.15) is 5.82 Å². The number of benzene rings is 2. The summed E-state index contributed by atoms with van der Waals surface area (Å²) in [6.07, 6.45) is 3.94. The van der Waals surface area contributed by atoms with E-state index in [0.29, 0.717) is 33.2 Å². The largest absolute Gasteiger partial charge is 0.479 e. The number of nitrogens with zero attached hydrogens (tertiary/aromatic N) is 3. The van der Waals surface area contributed by atoms with Crippen molar-refractivity contribution in [3.05, 3.63) is 66.0 Å². The maximum atomic E-state index is 13.1. The highest BCUT2D eigenvalue weighted by Gasteiger charge is 2.13. The van der Waals surface area contributed by atoms with Crippen molar-refractivity contribution < 1.29 is 14.6 Å². The van der Waals surface area contributed by atoms with Gasteiger partial charge in [-0.05, 0) is 58.2 Å². The zero-order valence-corrected chi connectivity index (χ0v) is 20.4. The van der Waals surface area contributed by atoms with Crippen molar-refractivity contribution in [2.45, 2.75) is 26.2 Å². The maximum absolute atomic E-state index is 13.1. The van der Waals surface area contributed by atoms with E-state index < -0.39 is 12.6 Å². The third-order valence-corrected chi connectivity index (χ3v) is 5.68. The number of carbonyl (C=O) groups is 1. The number of carboxylic acid groups (broad SMARTS) is 1. The molecule has 1 heterocycles. The van der Waals surface area contributed by atoms with Crippen molar-refractivity contribution in [2.24, 2.45) is 5.10 Å². The predicted octanol–water partition coefficient (Wildman–Crippen LogP) is 5.26. The van der Waals surface area contributed by atoms with Crippen molar-refractivity contribution in [3.63, 3.8) is 0 Å². The second-order valence-corrected chi connectivity index (χ2v) is 8.83. The number of hydrogen-bond donors (Lipinski definition) is 1. The Morgan fingerprint density at radius 1 is 1.32 bits per heavy atom. The first kappa shape index (κ1) is 23.4. The van der Waals surface area contributed by atoms with Gasteiger partial charge in [-0.15, -0.1) is 0 Å². The second kappa shape index (κ2) is 10.4. The van der Waals surface area contributed by atoms with Crippen LogP contribution in [0.5, 0.6) is 5.75 Å². The summed E-state index contributed by atoms with van der Waals surface area (Å²) in [5, 5.41) is 13.8. The van der Waals surface area contributed by atoms with Crippen molar-refractivity contribution in [3.8, 4) is 5.75 Å². The molecule has 3 rings (SSSR count). The fourth-order valence-corrected chi connectivity index (χ4v) is 4.21. The molecular formula is C21H18Br2ClN3O4. The van der Waals surface area contributed by atoms with Crippen LogP contribution in [0.15, 0.2) is 49.2 Å². The van der Waals surface area contributed by atoms with Crippen LogP contribution in [0.1, 0.15) is 31.2 Å². The molecule has 0 fully saturated rings. The molecule has 7 nitrogen and oxygen atoms in total. The summed E-state index contributed by atoms with van der Waals surface area (Å²) in [7, 11) is 0. The smallest absolute Gasteiger partial charge is 0.341 e. The number of aryl methyl sites for hydroxylation is 1. The van der Waals surface area contributed by atoms with Crippen LogP contribution in [0, 0.1) is 0 Å². The van der Waals surface area contributed by atoms with Crippen LogP contribution >= 0.6 is 43.5 Å². The first-order valence-electron chi connectivity index (χ1n) is 9.39. The van der Waals surface area contributed by atoms with Crippen LogP contribution in [-0.4, -0.2) is 33.6 Å². The van der Waals surface area contributed by atoms with E-state index in [2.05, 4.69) is 48.9 Å². The minimum Gasteiger partial charge on any atom is -0.479 e. The molecule has 0 unspecified atom stereocenters. The van der Waals surface area contributed by atoms with Crippen LogP contribution in [0.3, 0.4) is 0 Å². The third-order valence-electron chi connectivity index (χ3n) is 4.31. The average molecular weight is 572 g/mol. The van der Waals surface area contributed by atoms with Gasteiger partial charge in [0.15, 0.2) is 12.4 Å². The molecule has 0 radical (unpaired) electrons. The zero-order chi connectivity index (χ0) is 22.5. The normalized spacial score (nSPS) is 11.4. The molecule has 0 aliphatic carbocycles. The SMILES string of the molecule is CCCCc1nc2ccc(Br)cc2c(=O)n1N=Cc1cc(Cl)c(OCC(=O)O)c(Br)c1. The predicted molar refractivity (Wildman–Crippen MR) is 128 cm³/mol. The van der Waals surface area contributed by atoms with Gasteiger partial charge >= 0.3 is 5.97 Å². The number of hydrogen-bond acceptors (Lipinski definition) is 5. The van der Waals surface area contributed by atoms with Crippen molar-refractivity contribution in [1.82, 2.24) is 9.66 Å². The van der Waals surface area contributed by atoms with E-state index in [1.54, 1.807) is 24.3 Å². The molecule has 0 saturated heterocycles. The number of ether oxygens (including phenoxy) is 1. The molecule has 0 spiro atoms. The maximum Gasteiger partial charge on any atom is 0.341 e. The summed E-state index contributed by atoms with van der Waals surface area (Å²) in [4.78, 5) is 28.5. The first-order valence-corrected chi connectivity index (χ1v) is 11.4. The van der Waals surface area contributed by atoms with Gasteiger partial charge in [-0.25, -0.2) is 9.78 Å². The van der Waals surface area contributed by atoms with Gasteiger partial charge in [-0.3, -0.25) is 4.79 Å². The molecule has 2 aromatic carbocycles. The minimum absolute atomic E-state index is 0.219. The van der Waals surface area contributed by atoms with E-state index in [-0.39, 0.29) is 16.3 Å². The fraction of sp³-hybridized carbons (Fsp3) is 0.238. The second-order valence-electron chi connectivity index (χ2n) is 6.65. The highest BCUT2D eigenvalue weighted by Crippen LogP contribution is 2.34. The molecule has 0 aliphatic rings. The van der Waals surface area contributed by atoms with Crippen molar-refractivity contribution in [1.29, 1.82) is 0 Å². The molecule has 0 bridgehead atoms. The minimum atomic E-state index is -1.11. The molecule has 162 valence electrons. The lowest BCUT2D eigenvalue weighted by atomic mass is 10.2. The molecule has 10 heteroatoms. The first-order chi connectivity index (χ1) is 14.8. The van der Waals surface area contributed by atoms with Gasteiger partial charge in [-0.1, -0.05) is 40.9 Å². The number of aromatic nitrogens is 2. The third kappa shape index (κ3) is 5.72. The highest BCUT2D eigenvalue weighted by atomic mass is 79.9. The van der Waals surface area contributed by atoms with E-state index >= 15 is 0 Å². The average Bonchev–Trinajstić information content (AvgIpc) is 2.71. The molecule has 0 saturated carbocycles. The van der Waals surface area contributed by atoms with Gasteiger partial charge in [0.25, 0.3) is 5.56 Å². The number of halogens is 3. The lowest BCUT2D eigenvalue weighted by molar-refractivity contribution is -0.139. The van der Waals surface area contributed by atoms with Gasteiger partial charge in [0, 0.05) is 10.9 Å². The molecular weight excluding hydrogens is 554 g/mol. The van der Waals surface area contributed by atoms with Crippen molar-refractivity contribution >= 4 is 66.5 Å². The zero-order valence-electron chi connectivity index (χ0n) is 16.4. The monoisotopic (exact) mass is 569 g/mol. The molecule has 3 aromatic rings. The van der Waals surface area contributed by atoms with E-state index in [0.717, 1.165) is 17.3 Å². The molecule has 0 amide bonds. The van der Waals surface area contributed by atoms with Crippen LogP contribution in [0.25, 0.3) is 10.9 Å². The van der Waals surface area contributed by atoms with Gasteiger partial charge in [0.2, 0.25) is 0 Å². The summed E-state index contributed by atoms with van der Waals surface area (Å²) >= 11 is 12.9. The van der Waals surface area contributed by atoms with E-state index in [1.807, 2.05) is 6.07 Å². The molecule has 0 aliphatic heterocycles. The Bertz CT molecular complexity index is 1200. The van der Waals surface area contributed by atoms with Gasteiger partial charge < -0.3 is 9.84 Å².